The molecular formula is C21H30N2O4. The van der Waals surface area contributed by atoms with E-state index >= 15 is 0 Å². The number of methoxy groups -OCH3 is 1. The van der Waals surface area contributed by atoms with E-state index in [-0.39, 0.29) is 24.5 Å². The fraction of sp³-hybridized carbons (Fsp3) is 0.619. The van der Waals surface area contributed by atoms with Gasteiger partial charge in [0.25, 0.3) is 5.91 Å². The van der Waals surface area contributed by atoms with E-state index in [0.717, 1.165) is 25.0 Å². The highest BCUT2D eigenvalue weighted by molar-refractivity contribution is 5.86. The maximum atomic E-state index is 13.3. The SMILES string of the molecule is COCC1CCN(C(=O)[C@H]2OCC(=O)N(C(C)C)[C@@H]2c2ccccc2)CC1. The average Bonchev–Trinajstić information content (AvgIpc) is 2.68. The maximum absolute atomic E-state index is 13.3. The van der Waals surface area contributed by atoms with Gasteiger partial charge in [-0.3, -0.25) is 9.59 Å². The summed E-state index contributed by atoms with van der Waals surface area (Å²) < 4.78 is 11.1. The molecule has 6 heteroatoms. The first-order chi connectivity index (χ1) is 13.0. The zero-order valence-corrected chi connectivity index (χ0v) is 16.5. The van der Waals surface area contributed by atoms with Crippen molar-refractivity contribution in [2.75, 3.05) is 33.4 Å². The Morgan fingerprint density at radius 3 is 2.48 bits per heavy atom. The molecule has 2 heterocycles. The number of ether oxygens (including phenoxy) is 2. The predicted octanol–water partition coefficient (Wildman–Crippen LogP) is 2.25. The maximum Gasteiger partial charge on any atom is 0.254 e. The second kappa shape index (κ2) is 8.85. The van der Waals surface area contributed by atoms with Crippen molar-refractivity contribution in [2.45, 2.75) is 44.9 Å². The molecule has 0 N–H and O–H groups in total. The summed E-state index contributed by atoms with van der Waals surface area (Å²) in [5.41, 5.74) is 0.937. The lowest BCUT2D eigenvalue weighted by Gasteiger charge is -2.44. The third kappa shape index (κ3) is 4.33. The standard InChI is InChI=1S/C21H30N2O4/c1-15(2)23-18(24)14-27-20(19(23)17-7-5-4-6-8-17)21(25)22-11-9-16(10-12-22)13-26-3/h4-8,15-16,19-20H,9-14H2,1-3H3/t19-,20+/m1/s1. The smallest absolute Gasteiger partial charge is 0.254 e. The van der Waals surface area contributed by atoms with Gasteiger partial charge in [-0.1, -0.05) is 30.3 Å². The lowest BCUT2D eigenvalue weighted by molar-refractivity contribution is -0.172. The van der Waals surface area contributed by atoms with Crippen molar-refractivity contribution in [1.82, 2.24) is 9.80 Å². The van der Waals surface area contributed by atoms with Gasteiger partial charge >= 0.3 is 0 Å². The first kappa shape index (κ1) is 19.8. The molecule has 0 aromatic heterocycles. The van der Waals surface area contributed by atoms with Crippen LogP contribution in [0.4, 0.5) is 0 Å². The molecule has 2 atom stereocenters. The van der Waals surface area contributed by atoms with E-state index in [9.17, 15) is 9.59 Å². The normalized spacial score (nSPS) is 24.5. The van der Waals surface area contributed by atoms with Crippen molar-refractivity contribution in [3.63, 3.8) is 0 Å². The highest BCUT2D eigenvalue weighted by atomic mass is 16.5. The second-order valence-electron chi connectivity index (χ2n) is 7.71. The van der Waals surface area contributed by atoms with E-state index in [0.29, 0.717) is 19.0 Å². The summed E-state index contributed by atoms with van der Waals surface area (Å²) in [5.74, 6) is 0.421. The van der Waals surface area contributed by atoms with Gasteiger partial charge in [-0.25, -0.2) is 0 Å². The zero-order valence-electron chi connectivity index (χ0n) is 16.5. The molecule has 6 nitrogen and oxygen atoms in total. The van der Waals surface area contributed by atoms with Gasteiger partial charge in [0.05, 0.1) is 6.04 Å². The van der Waals surface area contributed by atoms with Crippen LogP contribution in [0.3, 0.4) is 0 Å². The van der Waals surface area contributed by atoms with E-state index in [1.54, 1.807) is 12.0 Å². The molecular weight excluding hydrogens is 344 g/mol. The molecule has 27 heavy (non-hydrogen) atoms. The number of likely N-dealkylation sites (tertiary alicyclic amines) is 1. The van der Waals surface area contributed by atoms with E-state index in [1.165, 1.54) is 0 Å². The van der Waals surface area contributed by atoms with Crippen molar-refractivity contribution in [2.24, 2.45) is 5.92 Å². The Bertz CT molecular complexity index is 641. The molecule has 0 saturated carbocycles. The summed E-state index contributed by atoms with van der Waals surface area (Å²) >= 11 is 0. The number of morpholine rings is 1. The number of hydrogen-bond acceptors (Lipinski definition) is 4. The summed E-state index contributed by atoms with van der Waals surface area (Å²) in [4.78, 5) is 29.5. The number of rotatable bonds is 5. The van der Waals surface area contributed by atoms with Crippen LogP contribution >= 0.6 is 0 Å². The largest absolute Gasteiger partial charge is 0.384 e. The molecule has 0 spiro atoms. The van der Waals surface area contributed by atoms with Crippen LogP contribution in [0.1, 0.15) is 38.3 Å². The molecule has 2 saturated heterocycles. The van der Waals surface area contributed by atoms with Crippen LogP contribution in [0.25, 0.3) is 0 Å². The first-order valence-electron chi connectivity index (χ1n) is 9.78. The average molecular weight is 374 g/mol. The monoisotopic (exact) mass is 374 g/mol. The molecule has 0 bridgehead atoms. The third-order valence-electron chi connectivity index (χ3n) is 5.53. The second-order valence-corrected chi connectivity index (χ2v) is 7.71. The summed E-state index contributed by atoms with van der Waals surface area (Å²) in [7, 11) is 1.72. The molecule has 1 aromatic rings. The fourth-order valence-electron chi connectivity index (χ4n) is 4.16. The third-order valence-corrected chi connectivity index (χ3v) is 5.53. The van der Waals surface area contributed by atoms with E-state index < -0.39 is 12.1 Å². The lowest BCUT2D eigenvalue weighted by Crippen LogP contribution is -2.57. The molecule has 2 aliphatic rings. The molecule has 0 unspecified atom stereocenters. The number of carbonyl (C=O) groups excluding carboxylic acids is 2. The van der Waals surface area contributed by atoms with Gasteiger partial charge in [0.2, 0.25) is 5.91 Å². The molecule has 0 aliphatic carbocycles. The highest BCUT2D eigenvalue weighted by Crippen LogP contribution is 2.33. The van der Waals surface area contributed by atoms with Crippen molar-refractivity contribution in [3.8, 4) is 0 Å². The van der Waals surface area contributed by atoms with Gasteiger partial charge in [-0.05, 0) is 38.2 Å². The summed E-state index contributed by atoms with van der Waals surface area (Å²) in [6, 6.07) is 9.34. The van der Waals surface area contributed by atoms with Crippen LogP contribution in [0, 0.1) is 5.92 Å². The summed E-state index contributed by atoms with van der Waals surface area (Å²) in [5, 5.41) is 0. The van der Waals surface area contributed by atoms with Gasteiger partial charge in [0.15, 0.2) is 6.10 Å². The Morgan fingerprint density at radius 1 is 1.22 bits per heavy atom. The topological polar surface area (TPSA) is 59.1 Å². The Labute approximate surface area is 161 Å². The minimum atomic E-state index is -0.661. The number of amides is 2. The van der Waals surface area contributed by atoms with E-state index in [1.807, 2.05) is 49.1 Å². The molecule has 1 aromatic carbocycles. The fourth-order valence-corrected chi connectivity index (χ4v) is 4.16. The molecule has 148 valence electrons. The zero-order chi connectivity index (χ0) is 19.4. The summed E-state index contributed by atoms with van der Waals surface area (Å²) in [6.07, 6.45) is 1.22. The van der Waals surface area contributed by atoms with Crippen LogP contribution < -0.4 is 0 Å². The number of benzene rings is 1. The van der Waals surface area contributed by atoms with Gasteiger partial charge < -0.3 is 19.3 Å². The van der Waals surface area contributed by atoms with Crippen LogP contribution in [-0.4, -0.2) is 67.2 Å². The number of piperidine rings is 1. The molecule has 2 aliphatic heterocycles. The Kier molecular flexibility index (Phi) is 6.50. The minimum Gasteiger partial charge on any atom is -0.384 e. The van der Waals surface area contributed by atoms with Gasteiger partial charge in [0, 0.05) is 32.8 Å². The number of hydrogen-bond donors (Lipinski definition) is 0. The van der Waals surface area contributed by atoms with E-state index in [2.05, 4.69) is 0 Å². The van der Waals surface area contributed by atoms with E-state index in [4.69, 9.17) is 9.47 Å². The molecule has 2 amide bonds. The predicted molar refractivity (Wildman–Crippen MR) is 102 cm³/mol. The van der Waals surface area contributed by atoms with Crippen molar-refractivity contribution in [1.29, 1.82) is 0 Å². The minimum absolute atomic E-state index is 0.00524. The van der Waals surface area contributed by atoms with Gasteiger partial charge in [-0.15, -0.1) is 0 Å². The quantitative estimate of drug-likeness (QED) is 0.793. The van der Waals surface area contributed by atoms with Crippen LogP contribution in [0.15, 0.2) is 30.3 Å². The Balaban J connectivity index is 1.81. The molecule has 2 fully saturated rings. The lowest BCUT2D eigenvalue weighted by atomic mass is 9.93. The van der Waals surface area contributed by atoms with Gasteiger partial charge in [0.1, 0.15) is 6.61 Å². The Morgan fingerprint density at radius 2 is 1.89 bits per heavy atom. The van der Waals surface area contributed by atoms with Crippen LogP contribution in [-0.2, 0) is 19.1 Å². The molecule has 3 rings (SSSR count). The Hall–Kier alpha value is -1.92. The van der Waals surface area contributed by atoms with Crippen LogP contribution in [0.5, 0.6) is 0 Å². The highest BCUT2D eigenvalue weighted by Gasteiger charge is 2.44. The van der Waals surface area contributed by atoms with Crippen LogP contribution in [0.2, 0.25) is 0 Å². The first-order valence-corrected chi connectivity index (χ1v) is 9.78. The molecule has 0 radical (unpaired) electrons. The summed E-state index contributed by atoms with van der Waals surface area (Å²) in [6.45, 7) is 6.09. The van der Waals surface area contributed by atoms with Crippen molar-refractivity contribution < 1.29 is 19.1 Å². The van der Waals surface area contributed by atoms with Crippen molar-refractivity contribution >= 4 is 11.8 Å². The van der Waals surface area contributed by atoms with Crippen molar-refractivity contribution in [3.05, 3.63) is 35.9 Å². The number of carbonyl (C=O) groups is 2. The van der Waals surface area contributed by atoms with Gasteiger partial charge in [-0.2, -0.15) is 0 Å². The number of nitrogens with zero attached hydrogens (tertiary/aromatic N) is 2.